The van der Waals surface area contributed by atoms with E-state index < -0.39 is 17.4 Å². The lowest BCUT2D eigenvalue weighted by atomic mass is 9.82. The molecule has 1 aliphatic heterocycles. The highest BCUT2D eigenvalue weighted by molar-refractivity contribution is 6.05. The molecule has 1 atom stereocenters. The van der Waals surface area contributed by atoms with Gasteiger partial charge in [0.2, 0.25) is 5.91 Å². The first-order chi connectivity index (χ1) is 12.0. The van der Waals surface area contributed by atoms with Crippen molar-refractivity contribution in [3.63, 3.8) is 0 Å². The van der Waals surface area contributed by atoms with Crippen LogP contribution in [-0.4, -0.2) is 11.8 Å². The van der Waals surface area contributed by atoms with Crippen molar-refractivity contribution in [3.8, 4) is 0 Å². The Labute approximate surface area is 143 Å². The van der Waals surface area contributed by atoms with Gasteiger partial charge >= 0.3 is 5.92 Å². The molecule has 0 bridgehead atoms. The maximum atomic E-state index is 13.9. The van der Waals surface area contributed by atoms with Crippen molar-refractivity contribution >= 4 is 23.2 Å². The van der Waals surface area contributed by atoms with Crippen LogP contribution >= 0.6 is 0 Å². The van der Waals surface area contributed by atoms with Gasteiger partial charge in [-0.05, 0) is 48.6 Å². The number of fused-ring (bicyclic) bond motifs is 2. The van der Waals surface area contributed by atoms with Gasteiger partial charge in [0.15, 0.2) is 0 Å². The number of benzene rings is 2. The topological polar surface area (TPSA) is 58.2 Å². The van der Waals surface area contributed by atoms with Crippen LogP contribution in [0.15, 0.2) is 42.5 Å². The third-order valence-corrected chi connectivity index (χ3v) is 4.84. The molecule has 1 unspecified atom stereocenters. The lowest BCUT2D eigenvalue weighted by Crippen LogP contribution is -2.25. The van der Waals surface area contributed by atoms with Crippen LogP contribution in [-0.2, 0) is 21.9 Å². The van der Waals surface area contributed by atoms with E-state index in [1.165, 1.54) is 18.2 Å². The summed E-state index contributed by atoms with van der Waals surface area (Å²) in [4.78, 5) is 24.0. The summed E-state index contributed by atoms with van der Waals surface area (Å²) in [7, 11) is 0. The number of rotatable bonds is 2. The number of nitrogens with one attached hydrogen (secondary N) is 2. The van der Waals surface area contributed by atoms with Crippen molar-refractivity contribution in [1.29, 1.82) is 0 Å². The molecular formula is C19H16F2N2O2. The molecule has 6 heteroatoms. The molecule has 2 aliphatic rings. The van der Waals surface area contributed by atoms with Gasteiger partial charge in [-0.2, -0.15) is 8.78 Å². The summed E-state index contributed by atoms with van der Waals surface area (Å²) in [5.74, 6) is -5.42. The molecule has 4 nitrogen and oxygen atoms in total. The SMILES string of the molecule is O=C(Nc1ccc2c(c1)C(F)(F)C(=O)N2)C1CCCc2ccccc21. The van der Waals surface area contributed by atoms with E-state index in [-0.39, 0.29) is 23.2 Å². The number of hydrogen-bond acceptors (Lipinski definition) is 2. The van der Waals surface area contributed by atoms with Gasteiger partial charge in [-0.15, -0.1) is 0 Å². The Balaban J connectivity index is 1.59. The number of hydrogen-bond donors (Lipinski definition) is 2. The van der Waals surface area contributed by atoms with Gasteiger partial charge in [-0.25, -0.2) is 0 Å². The molecule has 128 valence electrons. The van der Waals surface area contributed by atoms with Crippen LogP contribution in [0.4, 0.5) is 20.2 Å². The quantitative estimate of drug-likeness (QED) is 0.872. The number of anilines is 2. The largest absolute Gasteiger partial charge is 0.352 e. The van der Waals surface area contributed by atoms with Gasteiger partial charge in [0, 0.05) is 5.69 Å². The average Bonchev–Trinajstić information content (AvgIpc) is 2.84. The molecule has 1 aliphatic carbocycles. The highest BCUT2D eigenvalue weighted by atomic mass is 19.3. The maximum absolute atomic E-state index is 13.9. The molecule has 0 fully saturated rings. The molecule has 2 aromatic rings. The highest BCUT2D eigenvalue weighted by Crippen LogP contribution is 2.41. The van der Waals surface area contributed by atoms with Crippen molar-refractivity contribution in [3.05, 3.63) is 59.2 Å². The van der Waals surface area contributed by atoms with Crippen molar-refractivity contribution in [2.75, 3.05) is 10.6 Å². The average molecular weight is 342 g/mol. The van der Waals surface area contributed by atoms with Crippen LogP contribution in [0.25, 0.3) is 0 Å². The van der Waals surface area contributed by atoms with Crippen LogP contribution in [0.5, 0.6) is 0 Å². The predicted molar refractivity (Wildman–Crippen MR) is 89.7 cm³/mol. The van der Waals surface area contributed by atoms with E-state index in [9.17, 15) is 18.4 Å². The van der Waals surface area contributed by atoms with Crippen molar-refractivity contribution in [2.24, 2.45) is 0 Å². The zero-order valence-corrected chi connectivity index (χ0v) is 13.3. The van der Waals surface area contributed by atoms with E-state index in [2.05, 4.69) is 10.6 Å². The van der Waals surface area contributed by atoms with Gasteiger partial charge in [0.1, 0.15) is 0 Å². The van der Waals surface area contributed by atoms with Crippen molar-refractivity contribution in [1.82, 2.24) is 0 Å². The zero-order chi connectivity index (χ0) is 17.6. The molecule has 0 aromatic heterocycles. The summed E-state index contributed by atoms with van der Waals surface area (Å²) < 4.78 is 27.8. The van der Waals surface area contributed by atoms with Gasteiger partial charge < -0.3 is 10.6 Å². The fourth-order valence-corrected chi connectivity index (χ4v) is 3.57. The summed E-state index contributed by atoms with van der Waals surface area (Å²) in [6.07, 6.45) is 2.58. The van der Waals surface area contributed by atoms with E-state index in [1.807, 2.05) is 24.3 Å². The predicted octanol–water partition coefficient (Wildman–Crippen LogP) is 3.79. The van der Waals surface area contributed by atoms with E-state index in [1.54, 1.807) is 0 Å². The monoisotopic (exact) mass is 342 g/mol. The molecular weight excluding hydrogens is 326 g/mol. The van der Waals surface area contributed by atoms with Crippen LogP contribution in [0.2, 0.25) is 0 Å². The molecule has 0 saturated carbocycles. The van der Waals surface area contributed by atoms with E-state index in [0.29, 0.717) is 0 Å². The molecule has 2 amide bonds. The Morgan fingerprint density at radius 2 is 2.00 bits per heavy atom. The Kier molecular flexibility index (Phi) is 3.56. The summed E-state index contributed by atoms with van der Waals surface area (Å²) in [6.45, 7) is 0. The minimum absolute atomic E-state index is 0.0796. The van der Waals surface area contributed by atoms with E-state index in [4.69, 9.17) is 0 Å². The minimum Gasteiger partial charge on any atom is -0.326 e. The Morgan fingerprint density at radius 1 is 1.20 bits per heavy atom. The van der Waals surface area contributed by atoms with Crippen LogP contribution in [0.3, 0.4) is 0 Å². The van der Waals surface area contributed by atoms with Crippen LogP contribution < -0.4 is 10.6 Å². The first-order valence-electron chi connectivity index (χ1n) is 8.19. The molecule has 2 aromatic carbocycles. The summed E-state index contributed by atoms with van der Waals surface area (Å²) >= 11 is 0. The first kappa shape index (κ1) is 15.7. The molecule has 4 rings (SSSR count). The number of halogens is 2. The second kappa shape index (κ2) is 5.65. The lowest BCUT2D eigenvalue weighted by Gasteiger charge is -2.24. The van der Waals surface area contributed by atoms with Crippen molar-refractivity contribution in [2.45, 2.75) is 31.1 Å². The number of aryl methyl sites for hydroxylation is 1. The summed E-state index contributed by atoms with van der Waals surface area (Å²) in [5.41, 5.74) is 2.09. The van der Waals surface area contributed by atoms with Gasteiger partial charge in [0.25, 0.3) is 5.91 Å². The maximum Gasteiger partial charge on any atom is 0.352 e. The lowest BCUT2D eigenvalue weighted by molar-refractivity contribution is -0.139. The van der Waals surface area contributed by atoms with Gasteiger partial charge in [-0.1, -0.05) is 24.3 Å². The van der Waals surface area contributed by atoms with Gasteiger partial charge in [-0.3, -0.25) is 9.59 Å². The first-order valence-corrected chi connectivity index (χ1v) is 8.19. The zero-order valence-electron chi connectivity index (χ0n) is 13.3. The molecule has 2 N–H and O–H groups in total. The second-order valence-corrected chi connectivity index (χ2v) is 6.42. The summed E-state index contributed by atoms with van der Waals surface area (Å²) in [5, 5.41) is 4.87. The summed E-state index contributed by atoms with van der Waals surface area (Å²) in [6, 6.07) is 11.9. The number of amides is 2. The number of carbonyl (C=O) groups is 2. The second-order valence-electron chi connectivity index (χ2n) is 6.42. The number of alkyl halides is 2. The standard InChI is InChI=1S/C19H16F2N2O2/c20-19(21)15-10-12(8-9-16(15)23-18(19)25)22-17(24)14-7-3-5-11-4-1-2-6-13(11)14/h1-2,4,6,8-10,14H,3,5,7H2,(H,22,24)(H,23,25). The Hall–Kier alpha value is -2.76. The molecule has 25 heavy (non-hydrogen) atoms. The normalized spacial score (nSPS) is 20.4. The molecule has 0 spiro atoms. The Morgan fingerprint density at radius 3 is 2.84 bits per heavy atom. The van der Waals surface area contributed by atoms with E-state index in [0.717, 1.165) is 30.4 Å². The molecule has 0 radical (unpaired) electrons. The number of carbonyl (C=O) groups excluding carboxylic acids is 2. The smallest absolute Gasteiger partial charge is 0.326 e. The van der Waals surface area contributed by atoms with Crippen molar-refractivity contribution < 1.29 is 18.4 Å². The molecule has 1 heterocycles. The van der Waals surface area contributed by atoms with Crippen LogP contribution in [0, 0.1) is 0 Å². The highest BCUT2D eigenvalue weighted by Gasteiger charge is 2.48. The van der Waals surface area contributed by atoms with E-state index >= 15 is 0 Å². The third kappa shape index (κ3) is 2.58. The fraction of sp³-hybridized carbons (Fsp3) is 0.263. The molecule has 0 saturated heterocycles. The Bertz CT molecular complexity index is 879. The minimum atomic E-state index is -3.58. The fourth-order valence-electron chi connectivity index (χ4n) is 3.57. The van der Waals surface area contributed by atoms with Crippen LogP contribution in [0.1, 0.15) is 35.4 Å². The third-order valence-electron chi connectivity index (χ3n) is 4.84. The van der Waals surface area contributed by atoms with Gasteiger partial charge in [0.05, 0.1) is 17.2 Å².